The third-order valence-electron chi connectivity index (χ3n) is 5.27. The molecule has 0 spiro atoms. The summed E-state index contributed by atoms with van der Waals surface area (Å²) in [5.41, 5.74) is 2.60. The maximum absolute atomic E-state index is 12.9. The van der Waals surface area contributed by atoms with E-state index < -0.39 is 0 Å². The second-order valence-electron chi connectivity index (χ2n) is 7.29. The van der Waals surface area contributed by atoms with Gasteiger partial charge in [-0.05, 0) is 17.7 Å². The number of anilines is 2. The molecule has 4 rings (SSSR count). The number of hydrogen-bond donors (Lipinski definition) is 1. The van der Waals surface area contributed by atoms with E-state index in [4.69, 9.17) is 9.47 Å². The quantitative estimate of drug-likeness (QED) is 0.604. The van der Waals surface area contributed by atoms with Crippen molar-refractivity contribution in [1.82, 2.24) is 14.8 Å². The number of piperazine rings is 1. The van der Waals surface area contributed by atoms with Gasteiger partial charge in [-0.1, -0.05) is 30.3 Å². The van der Waals surface area contributed by atoms with Gasteiger partial charge in [0.15, 0.2) is 16.6 Å². The van der Waals surface area contributed by atoms with Crippen molar-refractivity contribution in [3.05, 3.63) is 65.2 Å². The number of rotatable bonds is 7. The summed E-state index contributed by atoms with van der Waals surface area (Å²) in [6.07, 6.45) is 0. The van der Waals surface area contributed by atoms with Crippen molar-refractivity contribution >= 4 is 28.1 Å². The molecule has 0 radical (unpaired) electrons. The van der Waals surface area contributed by atoms with Crippen LogP contribution >= 0.6 is 11.3 Å². The molecule has 31 heavy (non-hydrogen) atoms. The zero-order chi connectivity index (χ0) is 21.6. The number of amides is 1. The second kappa shape index (κ2) is 9.80. The first-order chi connectivity index (χ1) is 15.2. The molecule has 3 aromatic rings. The first kappa shape index (κ1) is 21.1. The first-order valence-corrected chi connectivity index (χ1v) is 11.0. The number of ether oxygens (including phenoxy) is 2. The minimum absolute atomic E-state index is 0.0176. The van der Waals surface area contributed by atoms with Gasteiger partial charge in [0.25, 0.3) is 5.91 Å². The summed E-state index contributed by atoms with van der Waals surface area (Å²) in [6.45, 7) is 4.06. The number of thiazole rings is 1. The number of hydrogen-bond acceptors (Lipinski definition) is 7. The van der Waals surface area contributed by atoms with Crippen LogP contribution in [0.3, 0.4) is 0 Å². The van der Waals surface area contributed by atoms with E-state index >= 15 is 0 Å². The molecule has 162 valence electrons. The van der Waals surface area contributed by atoms with Crippen LogP contribution in [-0.2, 0) is 6.54 Å². The van der Waals surface area contributed by atoms with Crippen LogP contribution < -0.4 is 14.8 Å². The Labute approximate surface area is 186 Å². The van der Waals surface area contributed by atoms with Crippen LogP contribution in [-0.4, -0.2) is 61.1 Å². The average molecular weight is 439 g/mol. The molecule has 1 fully saturated rings. The minimum atomic E-state index is -0.0176. The molecule has 0 aliphatic carbocycles. The monoisotopic (exact) mass is 438 g/mol. The van der Waals surface area contributed by atoms with E-state index in [0.717, 1.165) is 25.3 Å². The number of nitrogens with zero attached hydrogens (tertiary/aromatic N) is 3. The van der Waals surface area contributed by atoms with Crippen LogP contribution in [0.2, 0.25) is 0 Å². The molecule has 0 unspecified atom stereocenters. The van der Waals surface area contributed by atoms with Crippen LogP contribution in [0.4, 0.5) is 10.8 Å². The molecular formula is C23H26N4O3S. The van der Waals surface area contributed by atoms with Gasteiger partial charge >= 0.3 is 0 Å². The highest BCUT2D eigenvalue weighted by Gasteiger charge is 2.24. The number of carbonyl (C=O) groups excluding carboxylic acids is 1. The van der Waals surface area contributed by atoms with Crippen molar-refractivity contribution in [1.29, 1.82) is 0 Å². The van der Waals surface area contributed by atoms with E-state index in [2.05, 4.69) is 39.5 Å². The molecule has 0 bridgehead atoms. The van der Waals surface area contributed by atoms with Gasteiger partial charge in [-0.2, -0.15) is 0 Å². The highest BCUT2D eigenvalue weighted by molar-refractivity contribution is 7.14. The van der Waals surface area contributed by atoms with Gasteiger partial charge < -0.3 is 19.7 Å². The normalized spacial score (nSPS) is 14.3. The summed E-state index contributed by atoms with van der Waals surface area (Å²) in [7, 11) is 3.20. The molecule has 2 heterocycles. The third-order valence-corrected chi connectivity index (χ3v) is 6.02. The summed E-state index contributed by atoms with van der Waals surface area (Å²) in [4.78, 5) is 21.7. The van der Waals surface area contributed by atoms with E-state index in [9.17, 15) is 4.79 Å². The van der Waals surface area contributed by atoms with Crippen LogP contribution in [0.5, 0.6) is 11.5 Å². The van der Waals surface area contributed by atoms with Gasteiger partial charge in [-0.15, -0.1) is 11.3 Å². The van der Waals surface area contributed by atoms with Crippen molar-refractivity contribution < 1.29 is 14.3 Å². The standard InChI is InChI=1S/C23H26N4O3S/c1-29-20-9-8-18(14-21(20)30-2)24-23-25-19(16-31-23)22(28)27-12-10-26(11-13-27)15-17-6-4-3-5-7-17/h3-9,14,16H,10-13,15H2,1-2H3,(H,24,25). The topological polar surface area (TPSA) is 66.9 Å². The molecule has 1 saturated heterocycles. The number of carbonyl (C=O) groups is 1. The zero-order valence-corrected chi connectivity index (χ0v) is 18.5. The summed E-state index contributed by atoms with van der Waals surface area (Å²) in [5, 5.41) is 5.71. The molecule has 1 N–H and O–H groups in total. The number of methoxy groups -OCH3 is 2. The third kappa shape index (κ3) is 5.15. The number of aromatic nitrogens is 1. The van der Waals surface area contributed by atoms with Crippen LogP contribution in [0, 0.1) is 0 Å². The second-order valence-corrected chi connectivity index (χ2v) is 8.14. The Hall–Kier alpha value is -3.10. The SMILES string of the molecule is COc1ccc(Nc2nc(C(=O)N3CCN(Cc4ccccc4)CC3)cs2)cc1OC. The Bertz CT molecular complexity index is 1020. The maximum atomic E-state index is 12.9. The Morgan fingerprint density at radius 3 is 2.48 bits per heavy atom. The van der Waals surface area contributed by atoms with Gasteiger partial charge in [0.05, 0.1) is 14.2 Å². The van der Waals surface area contributed by atoms with Crippen LogP contribution in [0.1, 0.15) is 16.1 Å². The van der Waals surface area contributed by atoms with Crippen molar-refractivity contribution in [2.45, 2.75) is 6.54 Å². The molecule has 7 nitrogen and oxygen atoms in total. The van der Waals surface area contributed by atoms with Crippen molar-refractivity contribution in [2.75, 3.05) is 45.7 Å². The Kier molecular flexibility index (Phi) is 6.69. The predicted molar refractivity (Wildman–Crippen MR) is 123 cm³/mol. The lowest BCUT2D eigenvalue weighted by Crippen LogP contribution is -2.48. The first-order valence-electron chi connectivity index (χ1n) is 10.2. The lowest BCUT2D eigenvalue weighted by Gasteiger charge is -2.34. The van der Waals surface area contributed by atoms with Crippen molar-refractivity contribution in [2.24, 2.45) is 0 Å². The Morgan fingerprint density at radius 1 is 1.03 bits per heavy atom. The summed E-state index contributed by atoms with van der Waals surface area (Å²) in [5.74, 6) is 1.28. The fourth-order valence-corrected chi connectivity index (χ4v) is 4.28. The molecule has 1 aromatic heterocycles. The van der Waals surface area contributed by atoms with Gasteiger partial charge in [-0.25, -0.2) is 4.98 Å². The van der Waals surface area contributed by atoms with E-state index in [1.807, 2.05) is 34.5 Å². The minimum Gasteiger partial charge on any atom is -0.493 e. The summed E-state index contributed by atoms with van der Waals surface area (Å²) in [6, 6.07) is 16.0. The predicted octanol–water partition coefficient (Wildman–Crippen LogP) is 3.86. The van der Waals surface area contributed by atoms with Gasteiger partial charge in [0, 0.05) is 49.9 Å². The molecule has 1 aliphatic heterocycles. The van der Waals surface area contributed by atoms with E-state index in [1.165, 1.54) is 16.9 Å². The lowest BCUT2D eigenvalue weighted by molar-refractivity contribution is 0.0623. The zero-order valence-electron chi connectivity index (χ0n) is 17.7. The van der Waals surface area contributed by atoms with Crippen LogP contribution in [0.15, 0.2) is 53.9 Å². The smallest absolute Gasteiger partial charge is 0.273 e. The number of benzene rings is 2. The fraction of sp³-hybridized carbons (Fsp3) is 0.304. The summed E-state index contributed by atoms with van der Waals surface area (Å²) >= 11 is 1.41. The molecule has 0 saturated carbocycles. The largest absolute Gasteiger partial charge is 0.493 e. The Balaban J connectivity index is 1.33. The molecule has 0 atom stereocenters. The molecule has 1 aliphatic rings. The van der Waals surface area contributed by atoms with Crippen molar-refractivity contribution in [3.63, 3.8) is 0 Å². The highest BCUT2D eigenvalue weighted by Crippen LogP contribution is 2.31. The van der Waals surface area contributed by atoms with Gasteiger partial charge in [-0.3, -0.25) is 9.69 Å². The van der Waals surface area contributed by atoms with Crippen LogP contribution in [0.25, 0.3) is 0 Å². The summed E-state index contributed by atoms with van der Waals surface area (Å²) < 4.78 is 10.6. The lowest BCUT2D eigenvalue weighted by atomic mass is 10.2. The van der Waals surface area contributed by atoms with Crippen molar-refractivity contribution in [3.8, 4) is 11.5 Å². The average Bonchev–Trinajstić information content (AvgIpc) is 3.28. The molecule has 8 heteroatoms. The highest BCUT2D eigenvalue weighted by atomic mass is 32.1. The molecule has 2 aromatic carbocycles. The maximum Gasteiger partial charge on any atom is 0.273 e. The number of nitrogens with one attached hydrogen (secondary N) is 1. The molecular weight excluding hydrogens is 412 g/mol. The van der Waals surface area contributed by atoms with E-state index in [-0.39, 0.29) is 5.91 Å². The van der Waals surface area contributed by atoms with Gasteiger partial charge in [0.2, 0.25) is 0 Å². The van der Waals surface area contributed by atoms with Gasteiger partial charge in [0.1, 0.15) is 5.69 Å². The Morgan fingerprint density at radius 2 is 1.77 bits per heavy atom. The fourth-order valence-electron chi connectivity index (χ4n) is 3.58. The van der Waals surface area contributed by atoms with E-state index in [0.29, 0.717) is 35.4 Å². The van der Waals surface area contributed by atoms with E-state index in [1.54, 1.807) is 14.2 Å². The molecule has 1 amide bonds.